The van der Waals surface area contributed by atoms with Crippen LogP contribution in [-0.4, -0.2) is 30.6 Å². The maximum absolute atomic E-state index is 3.88. The summed E-state index contributed by atoms with van der Waals surface area (Å²) in [6, 6.07) is 11.8. The topological polar surface area (TPSA) is 15.3 Å². The molecule has 2 atom stereocenters. The van der Waals surface area contributed by atoms with Gasteiger partial charge in [0.15, 0.2) is 0 Å². The van der Waals surface area contributed by atoms with Crippen LogP contribution in [0.1, 0.15) is 25.5 Å². The molecule has 0 saturated carbocycles. The van der Waals surface area contributed by atoms with Crippen LogP contribution < -0.4 is 5.32 Å². The van der Waals surface area contributed by atoms with E-state index in [1.165, 1.54) is 5.56 Å². The molecule has 0 aliphatic carbocycles. The minimum Gasteiger partial charge on any atom is -0.307 e. The van der Waals surface area contributed by atoms with E-state index in [-0.39, 0.29) is 0 Å². The highest BCUT2D eigenvalue weighted by molar-refractivity contribution is 5.20. The fourth-order valence-corrected chi connectivity index (χ4v) is 2.77. The van der Waals surface area contributed by atoms with Crippen molar-refractivity contribution in [2.75, 3.05) is 19.6 Å². The van der Waals surface area contributed by atoms with Crippen molar-refractivity contribution in [1.29, 1.82) is 0 Å². The van der Waals surface area contributed by atoms with Gasteiger partial charge in [0.2, 0.25) is 0 Å². The maximum atomic E-state index is 3.88. The summed E-state index contributed by atoms with van der Waals surface area (Å²) in [5.41, 5.74) is 1.38. The third-order valence-corrected chi connectivity index (χ3v) is 3.79. The van der Waals surface area contributed by atoms with Crippen molar-refractivity contribution < 1.29 is 0 Å². The summed E-state index contributed by atoms with van der Waals surface area (Å²) in [5, 5.41) is 3.68. The first-order valence-corrected chi connectivity index (χ1v) is 6.85. The van der Waals surface area contributed by atoms with E-state index < -0.39 is 0 Å². The molecule has 1 saturated heterocycles. The lowest BCUT2D eigenvalue weighted by atomic mass is 9.96. The molecule has 0 aromatic heterocycles. The van der Waals surface area contributed by atoms with Crippen LogP contribution in [0, 0.1) is 5.92 Å². The lowest BCUT2D eigenvalue weighted by molar-refractivity contribution is 0.111. The van der Waals surface area contributed by atoms with Crippen molar-refractivity contribution in [2.45, 2.75) is 25.9 Å². The molecular formula is C16H24N2. The van der Waals surface area contributed by atoms with Gasteiger partial charge in [0.1, 0.15) is 0 Å². The molecule has 1 aliphatic heterocycles. The predicted molar refractivity (Wildman–Crippen MR) is 77.6 cm³/mol. The fourth-order valence-electron chi connectivity index (χ4n) is 2.77. The van der Waals surface area contributed by atoms with Gasteiger partial charge in [-0.2, -0.15) is 0 Å². The second-order valence-corrected chi connectivity index (χ2v) is 5.43. The molecular weight excluding hydrogens is 220 g/mol. The number of benzene rings is 1. The Balaban J connectivity index is 2.08. The molecule has 0 amide bonds. The number of nitrogens with zero attached hydrogens (tertiary/aromatic N) is 1. The van der Waals surface area contributed by atoms with Gasteiger partial charge in [0.25, 0.3) is 0 Å². The van der Waals surface area contributed by atoms with Gasteiger partial charge in [-0.3, -0.25) is 4.90 Å². The Morgan fingerprint density at radius 1 is 1.39 bits per heavy atom. The molecule has 1 aromatic rings. The Bertz CT molecular complexity index is 372. The zero-order valence-electron chi connectivity index (χ0n) is 11.5. The van der Waals surface area contributed by atoms with E-state index in [0.29, 0.717) is 18.0 Å². The van der Waals surface area contributed by atoms with Crippen LogP contribution in [0.15, 0.2) is 43.0 Å². The van der Waals surface area contributed by atoms with E-state index >= 15 is 0 Å². The van der Waals surface area contributed by atoms with Gasteiger partial charge >= 0.3 is 0 Å². The van der Waals surface area contributed by atoms with E-state index in [4.69, 9.17) is 0 Å². The number of piperazine rings is 1. The quantitative estimate of drug-likeness (QED) is 0.819. The Morgan fingerprint density at radius 3 is 2.72 bits per heavy atom. The van der Waals surface area contributed by atoms with E-state index in [2.05, 4.69) is 61.0 Å². The van der Waals surface area contributed by atoms with Crippen molar-refractivity contribution in [3.8, 4) is 0 Å². The first-order valence-electron chi connectivity index (χ1n) is 6.85. The molecule has 2 heteroatoms. The highest BCUT2D eigenvalue weighted by atomic mass is 15.2. The lowest BCUT2D eigenvalue weighted by Gasteiger charge is -2.42. The van der Waals surface area contributed by atoms with Crippen LogP contribution in [0.3, 0.4) is 0 Å². The molecule has 1 N–H and O–H groups in total. The van der Waals surface area contributed by atoms with Crippen molar-refractivity contribution in [3.05, 3.63) is 48.6 Å². The largest absolute Gasteiger partial charge is 0.307 e. The molecule has 2 unspecified atom stereocenters. The van der Waals surface area contributed by atoms with Crippen molar-refractivity contribution in [1.82, 2.24) is 10.2 Å². The second-order valence-electron chi connectivity index (χ2n) is 5.43. The van der Waals surface area contributed by atoms with Gasteiger partial charge in [-0.15, -0.1) is 6.58 Å². The summed E-state index contributed by atoms with van der Waals surface area (Å²) in [7, 11) is 0. The van der Waals surface area contributed by atoms with Gasteiger partial charge in [0, 0.05) is 31.7 Å². The number of rotatable bonds is 4. The van der Waals surface area contributed by atoms with Crippen LogP contribution in [0.25, 0.3) is 0 Å². The summed E-state index contributed by atoms with van der Waals surface area (Å²) in [4.78, 5) is 2.55. The average Bonchev–Trinajstić information content (AvgIpc) is 2.40. The third-order valence-electron chi connectivity index (χ3n) is 3.79. The normalized spacial score (nSPS) is 25.3. The SMILES string of the molecule is C=CCN1CC(c2ccccc2)NCC1C(C)C. The summed E-state index contributed by atoms with van der Waals surface area (Å²) in [5.74, 6) is 0.675. The predicted octanol–water partition coefficient (Wildman–Crippen LogP) is 2.84. The first kappa shape index (κ1) is 13.3. The highest BCUT2D eigenvalue weighted by Gasteiger charge is 2.29. The molecule has 1 heterocycles. The zero-order chi connectivity index (χ0) is 13.0. The molecule has 1 fully saturated rings. The van der Waals surface area contributed by atoms with Crippen molar-refractivity contribution in [3.63, 3.8) is 0 Å². The van der Waals surface area contributed by atoms with Crippen LogP contribution in [0.5, 0.6) is 0 Å². The van der Waals surface area contributed by atoms with Gasteiger partial charge in [-0.05, 0) is 11.5 Å². The Morgan fingerprint density at radius 2 is 2.11 bits per heavy atom. The number of hydrogen-bond donors (Lipinski definition) is 1. The Kier molecular flexibility index (Phi) is 4.56. The van der Waals surface area contributed by atoms with E-state index in [9.17, 15) is 0 Å². The van der Waals surface area contributed by atoms with Gasteiger partial charge in [-0.1, -0.05) is 50.3 Å². The summed E-state index contributed by atoms with van der Waals surface area (Å²) >= 11 is 0. The van der Waals surface area contributed by atoms with Crippen molar-refractivity contribution in [2.24, 2.45) is 5.92 Å². The minimum absolute atomic E-state index is 0.446. The van der Waals surface area contributed by atoms with E-state index in [1.54, 1.807) is 0 Å². The molecule has 1 aliphatic rings. The Hall–Kier alpha value is -1.12. The van der Waals surface area contributed by atoms with Gasteiger partial charge < -0.3 is 5.32 Å². The van der Waals surface area contributed by atoms with Crippen LogP contribution in [-0.2, 0) is 0 Å². The number of nitrogens with one attached hydrogen (secondary N) is 1. The van der Waals surface area contributed by atoms with Gasteiger partial charge in [0.05, 0.1) is 0 Å². The smallest absolute Gasteiger partial charge is 0.0450 e. The third kappa shape index (κ3) is 3.01. The molecule has 2 nitrogen and oxygen atoms in total. The molecule has 1 aromatic carbocycles. The Labute approximate surface area is 111 Å². The van der Waals surface area contributed by atoms with Crippen LogP contribution >= 0.6 is 0 Å². The lowest BCUT2D eigenvalue weighted by Crippen LogP contribution is -2.54. The summed E-state index contributed by atoms with van der Waals surface area (Å²) < 4.78 is 0. The zero-order valence-corrected chi connectivity index (χ0v) is 11.5. The monoisotopic (exact) mass is 244 g/mol. The summed E-state index contributed by atoms with van der Waals surface area (Å²) in [6.07, 6.45) is 2.02. The van der Waals surface area contributed by atoms with Crippen molar-refractivity contribution >= 4 is 0 Å². The first-order chi connectivity index (χ1) is 8.72. The molecule has 0 spiro atoms. The molecule has 98 valence electrons. The molecule has 2 rings (SSSR count). The summed E-state index contributed by atoms with van der Waals surface area (Å²) in [6.45, 7) is 11.6. The maximum Gasteiger partial charge on any atom is 0.0450 e. The number of hydrogen-bond acceptors (Lipinski definition) is 2. The molecule has 0 radical (unpaired) electrons. The average molecular weight is 244 g/mol. The van der Waals surface area contributed by atoms with E-state index in [0.717, 1.165) is 19.6 Å². The van der Waals surface area contributed by atoms with Crippen LogP contribution in [0.2, 0.25) is 0 Å². The van der Waals surface area contributed by atoms with Crippen LogP contribution in [0.4, 0.5) is 0 Å². The van der Waals surface area contributed by atoms with E-state index in [1.807, 2.05) is 6.08 Å². The highest BCUT2D eigenvalue weighted by Crippen LogP contribution is 2.22. The molecule has 18 heavy (non-hydrogen) atoms. The fraction of sp³-hybridized carbons (Fsp3) is 0.500. The minimum atomic E-state index is 0.446. The second kappa shape index (κ2) is 6.17. The standard InChI is InChI=1S/C16H24N2/c1-4-10-18-12-15(14-8-6-5-7-9-14)17-11-16(18)13(2)3/h4-9,13,15-17H,1,10-12H2,2-3H3. The molecule has 0 bridgehead atoms. The van der Waals surface area contributed by atoms with Gasteiger partial charge in [-0.25, -0.2) is 0 Å².